The lowest BCUT2D eigenvalue weighted by molar-refractivity contribution is -0.0536. The second-order valence-corrected chi connectivity index (χ2v) is 7.58. The molecule has 134 valence electrons. The highest BCUT2D eigenvalue weighted by atomic mass is 35.5. The molecule has 1 amide bonds. The summed E-state index contributed by atoms with van der Waals surface area (Å²) in [6.07, 6.45) is 1.07. The van der Waals surface area contributed by atoms with Gasteiger partial charge < -0.3 is 14.4 Å². The molecule has 1 aliphatic rings. The SMILES string of the molecule is CCC1(OCc2c(F)cccc2Cl)CCN(C(=O)OC(C)(C)C)C1. The van der Waals surface area contributed by atoms with E-state index in [2.05, 4.69) is 0 Å². The number of likely N-dealkylation sites (tertiary alicyclic amines) is 1. The summed E-state index contributed by atoms with van der Waals surface area (Å²) in [5, 5.41) is 0.350. The van der Waals surface area contributed by atoms with Gasteiger partial charge in [0.25, 0.3) is 0 Å². The molecule has 1 unspecified atom stereocenters. The zero-order valence-electron chi connectivity index (χ0n) is 14.7. The monoisotopic (exact) mass is 357 g/mol. The maximum absolute atomic E-state index is 13.9. The van der Waals surface area contributed by atoms with Gasteiger partial charge in [-0.25, -0.2) is 9.18 Å². The Morgan fingerprint density at radius 3 is 2.71 bits per heavy atom. The lowest BCUT2D eigenvalue weighted by Crippen LogP contribution is -2.40. The van der Waals surface area contributed by atoms with Crippen molar-refractivity contribution in [2.75, 3.05) is 13.1 Å². The van der Waals surface area contributed by atoms with Crippen LogP contribution in [0.4, 0.5) is 9.18 Å². The van der Waals surface area contributed by atoms with E-state index < -0.39 is 11.2 Å². The molecule has 1 atom stereocenters. The van der Waals surface area contributed by atoms with Gasteiger partial charge in [-0.1, -0.05) is 24.6 Å². The Bertz CT molecular complexity index is 582. The predicted molar refractivity (Wildman–Crippen MR) is 91.6 cm³/mol. The molecule has 6 heteroatoms. The van der Waals surface area contributed by atoms with Crippen molar-refractivity contribution in [3.63, 3.8) is 0 Å². The van der Waals surface area contributed by atoms with Crippen LogP contribution in [-0.4, -0.2) is 35.3 Å². The Balaban J connectivity index is 2.02. The molecule has 1 saturated heterocycles. The van der Waals surface area contributed by atoms with Crippen LogP contribution < -0.4 is 0 Å². The first kappa shape index (κ1) is 19.0. The van der Waals surface area contributed by atoms with Gasteiger partial charge in [0.15, 0.2) is 0 Å². The van der Waals surface area contributed by atoms with Crippen molar-refractivity contribution >= 4 is 17.7 Å². The molecular weight excluding hydrogens is 333 g/mol. The van der Waals surface area contributed by atoms with E-state index in [9.17, 15) is 9.18 Å². The normalized spacial score (nSPS) is 21.2. The zero-order chi connectivity index (χ0) is 18.0. The molecule has 1 heterocycles. The summed E-state index contributed by atoms with van der Waals surface area (Å²) in [6, 6.07) is 4.57. The average molecular weight is 358 g/mol. The molecule has 24 heavy (non-hydrogen) atoms. The third kappa shape index (κ3) is 4.61. The fourth-order valence-corrected chi connectivity index (χ4v) is 2.95. The lowest BCUT2D eigenvalue weighted by Gasteiger charge is -2.29. The van der Waals surface area contributed by atoms with Gasteiger partial charge in [-0.2, -0.15) is 0 Å². The van der Waals surface area contributed by atoms with Gasteiger partial charge in [0.1, 0.15) is 11.4 Å². The third-order valence-electron chi connectivity index (χ3n) is 4.20. The summed E-state index contributed by atoms with van der Waals surface area (Å²) < 4.78 is 25.3. The molecule has 1 aromatic rings. The minimum atomic E-state index is -0.532. The predicted octanol–water partition coefficient (Wildman–Crippen LogP) is 4.79. The third-order valence-corrected chi connectivity index (χ3v) is 4.55. The van der Waals surface area contributed by atoms with Gasteiger partial charge in [-0.05, 0) is 45.7 Å². The molecule has 2 rings (SSSR count). The van der Waals surface area contributed by atoms with Crippen molar-refractivity contribution in [2.45, 2.75) is 58.3 Å². The van der Waals surface area contributed by atoms with Crippen molar-refractivity contribution in [3.8, 4) is 0 Å². The second-order valence-electron chi connectivity index (χ2n) is 7.18. The number of nitrogens with zero attached hydrogens (tertiary/aromatic N) is 1. The fourth-order valence-electron chi connectivity index (χ4n) is 2.73. The van der Waals surface area contributed by atoms with Crippen LogP contribution in [0.2, 0.25) is 5.02 Å². The summed E-state index contributed by atoms with van der Waals surface area (Å²) >= 11 is 6.05. The molecule has 4 nitrogen and oxygen atoms in total. The van der Waals surface area contributed by atoms with Crippen LogP contribution in [-0.2, 0) is 16.1 Å². The van der Waals surface area contributed by atoms with Crippen LogP contribution in [0.1, 0.15) is 46.1 Å². The standard InChI is InChI=1S/C18H25ClFNO3/c1-5-18(23-11-13-14(19)7-6-8-15(13)20)9-10-21(12-18)16(22)24-17(2,3)4/h6-8H,5,9-12H2,1-4H3. The van der Waals surface area contributed by atoms with E-state index in [0.29, 0.717) is 30.1 Å². The minimum Gasteiger partial charge on any atom is -0.444 e. The van der Waals surface area contributed by atoms with Gasteiger partial charge in [-0.3, -0.25) is 0 Å². The van der Waals surface area contributed by atoms with Crippen LogP contribution in [0.5, 0.6) is 0 Å². The van der Waals surface area contributed by atoms with Crippen LogP contribution in [0.25, 0.3) is 0 Å². The number of rotatable bonds is 4. The Labute approximate surface area is 147 Å². The number of hydrogen-bond acceptors (Lipinski definition) is 3. The summed E-state index contributed by atoms with van der Waals surface area (Å²) in [5.74, 6) is -0.379. The number of halogens is 2. The Morgan fingerprint density at radius 2 is 2.12 bits per heavy atom. The number of ether oxygens (including phenoxy) is 2. The van der Waals surface area contributed by atoms with E-state index in [4.69, 9.17) is 21.1 Å². The molecule has 0 bridgehead atoms. The number of benzene rings is 1. The highest BCUT2D eigenvalue weighted by molar-refractivity contribution is 6.31. The number of hydrogen-bond donors (Lipinski definition) is 0. The molecule has 0 aromatic heterocycles. The number of carbonyl (C=O) groups is 1. The van der Waals surface area contributed by atoms with Gasteiger partial charge in [-0.15, -0.1) is 0 Å². The smallest absolute Gasteiger partial charge is 0.410 e. The molecule has 0 saturated carbocycles. The Kier molecular flexibility index (Phi) is 5.76. The van der Waals surface area contributed by atoms with E-state index in [1.165, 1.54) is 6.07 Å². The largest absolute Gasteiger partial charge is 0.444 e. The Morgan fingerprint density at radius 1 is 1.42 bits per heavy atom. The first-order valence-corrected chi connectivity index (χ1v) is 8.58. The molecular formula is C18H25ClFNO3. The molecule has 1 fully saturated rings. The summed E-state index contributed by atoms with van der Waals surface area (Å²) in [5.41, 5.74) is -0.679. The maximum Gasteiger partial charge on any atom is 0.410 e. The quantitative estimate of drug-likeness (QED) is 0.778. The van der Waals surface area contributed by atoms with E-state index in [1.807, 2.05) is 27.7 Å². The van der Waals surface area contributed by atoms with E-state index in [-0.39, 0.29) is 18.5 Å². The van der Waals surface area contributed by atoms with Crippen molar-refractivity contribution in [1.29, 1.82) is 0 Å². The minimum absolute atomic E-state index is 0.0848. The van der Waals surface area contributed by atoms with Gasteiger partial charge in [0.2, 0.25) is 0 Å². The first-order valence-electron chi connectivity index (χ1n) is 8.20. The summed E-state index contributed by atoms with van der Waals surface area (Å²) in [4.78, 5) is 13.9. The molecule has 0 radical (unpaired) electrons. The number of carbonyl (C=O) groups excluding carboxylic acids is 1. The van der Waals surface area contributed by atoms with Crippen LogP contribution in [0.15, 0.2) is 18.2 Å². The van der Waals surface area contributed by atoms with E-state index in [0.717, 1.165) is 6.42 Å². The van der Waals surface area contributed by atoms with Gasteiger partial charge in [0.05, 0.1) is 18.8 Å². The highest BCUT2D eigenvalue weighted by Crippen LogP contribution is 2.32. The van der Waals surface area contributed by atoms with Crippen LogP contribution >= 0.6 is 11.6 Å². The molecule has 0 N–H and O–H groups in total. The fraction of sp³-hybridized carbons (Fsp3) is 0.611. The average Bonchev–Trinajstić information content (AvgIpc) is 2.90. The zero-order valence-corrected chi connectivity index (χ0v) is 15.5. The van der Waals surface area contributed by atoms with Crippen LogP contribution in [0.3, 0.4) is 0 Å². The molecule has 1 aliphatic heterocycles. The molecule has 0 aliphatic carbocycles. The van der Waals surface area contributed by atoms with E-state index in [1.54, 1.807) is 17.0 Å². The Hall–Kier alpha value is -1.33. The second kappa shape index (κ2) is 7.28. The van der Waals surface area contributed by atoms with Crippen molar-refractivity contribution in [1.82, 2.24) is 4.90 Å². The topological polar surface area (TPSA) is 38.8 Å². The van der Waals surface area contributed by atoms with Crippen molar-refractivity contribution < 1.29 is 18.7 Å². The first-order chi connectivity index (χ1) is 11.2. The van der Waals surface area contributed by atoms with Crippen LogP contribution in [0, 0.1) is 5.82 Å². The van der Waals surface area contributed by atoms with Crippen molar-refractivity contribution in [3.05, 3.63) is 34.6 Å². The summed E-state index contributed by atoms with van der Waals surface area (Å²) in [6.45, 7) is 8.60. The highest BCUT2D eigenvalue weighted by Gasteiger charge is 2.41. The van der Waals surface area contributed by atoms with Crippen molar-refractivity contribution in [2.24, 2.45) is 0 Å². The molecule has 1 aromatic carbocycles. The van der Waals surface area contributed by atoms with E-state index >= 15 is 0 Å². The van der Waals surface area contributed by atoms with Gasteiger partial charge in [0, 0.05) is 17.1 Å². The lowest BCUT2D eigenvalue weighted by atomic mass is 9.99. The van der Waals surface area contributed by atoms with Gasteiger partial charge >= 0.3 is 6.09 Å². The number of amides is 1. The maximum atomic E-state index is 13.9. The molecule has 0 spiro atoms. The summed E-state index contributed by atoms with van der Waals surface area (Å²) in [7, 11) is 0.